The number of benzene rings is 1. The van der Waals surface area contributed by atoms with Crippen LogP contribution in [-0.4, -0.2) is 54.4 Å². The minimum Gasteiger partial charge on any atom is -0.481 e. The number of methoxy groups -OCH3 is 1. The molecule has 2 rings (SSSR count). The fourth-order valence-electron chi connectivity index (χ4n) is 2.21. The summed E-state index contributed by atoms with van der Waals surface area (Å²) in [5.74, 6) is -1.46. The second-order valence-corrected chi connectivity index (χ2v) is 7.93. The van der Waals surface area contributed by atoms with Crippen molar-refractivity contribution in [2.24, 2.45) is 0 Å². The van der Waals surface area contributed by atoms with Gasteiger partial charge in [-0.3, -0.25) is 19.3 Å². The van der Waals surface area contributed by atoms with Crippen molar-refractivity contribution in [1.82, 2.24) is 4.90 Å². The maximum Gasteiger partial charge on any atom is 0.343 e. The molecule has 1 heterocycles. The van der Waals surface area contributed by atoms with Crippen LogP contribution >= 0.6 is 27.7 Å². The molecule has 29 heavy (non-hydrogen) atoms. The van der Waals surface area contributed by atoms with E-state index >= 15 is 0 Å². The normalized spacial score (nSPS) is 16.1. The van der Waals surface area contributed by atoms with E-state index in [1.54, 1.807) is 25.1 Å². The summed E-state index contributed by atoms with van der Waals surface area (Å²) in [6.45, 7) is 2.84. The Labute approximate surface area is 180 Å². The second kappa shape index (κ2) is 10.4. The largest absolute Gasteiger partial charge is 0.481 e. The van der Waals surface area contributed by atoms with E-state index in [1.165, 1.54) is 13.2 Å². The zero-order chi connectivity index (χ0) is 21.6. The van der Waals surface area contributed by atoms with Crippen molar-refractivity contribution < 1.29 is 33.4 Å². The molecule has 1 saturated heterocycles. The zero-order valence-corrected chi connectivity index (χ0v) is 18.5. The van der Waals surface area contributed by atoms with Crippen LogP contribution in [0.4, 0.5) is 4.79 Å². The Morgan fingerprint density at radius 2 is 2.00 bits per heavy atom. The van der Waals surface area contributed by atoms with Gasteiger partial charge in [-0.25, -0.2) is 4.79 Å². The highest BCUT2D eigenvalue weighted by molar-refractivity contribution is 9.10. The van der Waals surface area contributed by atoms with Crippen LogP contribution in [0.5, 0.6) is 5.75 Å². The summed E-state index contributed by atoms with van der Waals surface area (Å²) in [5, 5.41) is -0.561. The van der Waals surface area contributed by atoms with Gasteiger partial charge in [-0.2, -0.15) is 0 Å². The van der Waals surface area contributed by atoms with Crippen molar-refractivity contribution >= 4 is 56.9 Å². The van der Waals surface area contributed by atoms with Gasteiger partial charge < -0.3 is 14.2 Å². The molecule has 0 bridgehead atoms. The summed E-state index contributed by atoms with van der Waals surface area (Å²) in [7, 11) is 1.25. The van der Waals surface area contributed by atoms with Crippen LogP contribution in [0.2, 0.25) is 0 Å². The van der Waals surface area contributed by atoms with Crippen molar-refractivity contribution in [3.63, 3.8) is 0 Å². The Hall–Kier alpha value is -2.33. The molecule has 2 amide bonds. The van der Waals surface area contributed by atoms with Crippen molar-refractivity contribution in [1.29, 1.82) is 0 Å². The Morgan fingerprint density at radius 1 is 1.28 bits per heavy atom. The first-order chi connectivity index (χ1) is 13.7. The molecule has 0 N–H and O–H groups in total. The van der Waals surface area contributed by atoms with E-state index in [2.05, 4.69) is 20.7 Å². The van der Waals surface area contributed by atoms with Crippen molar-refractivity contribution in [2.75, 3.05) is 20.3 Å². The van der Waals surface area contributed by atoms with Gasteiger partial charge in [0, 0.05) is 10.0 Å². The maximum atomic E-state index is 12.6. The molecule has 1 aliphatic rings. The van der Waals surface area contributed by atoms with Gasteiger partial charge in [0.15, 0.2) is 6.61 Å². The Morgan fingerprint density at radius 3 is 2.66 bits per heavy atom. The predicted molar refractivity (Wildman–Crippen MR) is 110 cm³/mol. The molecule has 1 aromatic carbocycles. The molecule has 0 saturated carbocycles. The van der Waals surface area contributed by atoms with Crippen molar-refractivity contribution in [2.45, 2.75) is 26.4 Å². The van der Waals surface area contributed by atoms with Crippen LogP contribution in [-0.2, 0) is 23.9 Å². The van der Waals surface area contributed by atoms with Crippen molar-refractivity contribution in [3.05, 3.63) is 33.1 Å². The number of ether oxygens (including phenoxy) is 3. The van der Waals surface area contributed by atoms with Gasteiger partial charge in [0.1, 0.15) is 12.3 Å². The quantitative estimate of drug-likeness (QED) is 0.408. The van der Waals surface area contributed by atoms with Crippen LogP contribution in [0, 0.1) is 0 Å². The van der Waals surface area contributed by atoms with E-state index in [9.17, 15) is 19.2 Å². The number of thioether (sulfide) groups is 1. The third-order valence-corrected chi connectivity index (χ3v) is 5.30. The fraction of sp³-hybridized carbons (Fsp3) is 0.368. The third-order valence-electron chi connectivity index (χ3n) is 3.90. The van der Waals surface area contributed by atoms with Crippen molar-refractivity contribution in [3.8, 4) is 5.75 Å². The van der Waals surface area contributed by atoms with Gasteiger partial charge in [-0.05, 0) is 49.4 Å². The number of rotatable bonds is 8. The van der Waals surface area contributed by atoms with E-state index in [-0.39, 0.29) is 17.6 Å². The van der Waals surface area contributed by atoms with E-state index < -0.39 is 29.6 Å². The van der Waals surface area contributed by atoms with E-state index in [0.717, 1.165) is 4.90 Å². The molecule has 0 unspecified atom stereocenters. The zero-order valence-electron chi connectivity index (χ0n) is 16.1. The number of hydrogen-bond donors (Lipinski definition) is 0. The molecule has 8 nitrogen and oxygen atoms in total. The third kappa shape index (κ3) is 6.33. The van der Waals surface area contributed by atoms with E-state index in [0.29, 0.717) is 34.0 Å². The van der Waals surface area contributed by atoms with Gasteiger partial charge in [0.2, 0.25) is 0 Å². The number of halogens is 1. The Bertz CT molecular complexity index is 855. The number of amides is 2. The summed E-state index contributed by atoms with van der Waals surface area (Å²) < 4.78 is 15.8. The molecule has 1 aliphatic heterocycles. The summed E-state index contributed by atoms with van der Waals surface area (Å²) in [6.07, 6.45) is 1.81. The van der Waals surface area contributed by atoms with E-state index in [4.69, 9.17) is 9.47 Å². The maximum absolute atomic E-state index is 12.6. The summed E-state index contributed by atoms with van der Waals surface area (Å²) in [6, 6.07) is 5.00. The van der Waals surface area contributed by atoms with E-state index in [1.807, 2.05) is 6.92 Å². The van der Waals surface area contributed by atoms with Gasteiger partial charge >= 0.3 is 11.9 Å². The Balaban J connectivity index is 2.19. The highest BCUT2D eigenvalue weighted by atomic mass is 79.9. The minimum absolute atomic E-state index is 0.132. The number of nitrogens with zero attached hydrogens (tertiary/aromatic N) is 1. The highest BCUT2D eigenvalue weighted by Gasteiger charge is 2.37. The second-order valence-electron chi connectivity index (χ2n) is 6.02. The Kier molecular flexibility index (Phi) is 8.27. The predicted octanol–water partition coefficient (Wildman–Crippen LogP) is 3.38. The lowest BCUT2D eigenvalue weighted by Gasteiger charge is -2.15. The standard InChI is InChI=1S/C19H20BrNO7S/c1-4-11(2)28-16(22)9-21-18(24)15(29-19(21)25)8-12-7-13(20)5-6-14(12)27-10-17(23)26-3/h5-8,11H,4,9-10H2,1-3H3/b15-8+/t11-/m1/s1. The van der Waals surface area contributed by atoms with Gasteiger partial charge in [-0.15, -0.1) is 0 Å². The SMILES string of the molecule is CC[C@@H](C)OC(=O)CN1C(=O)S/C(=C/c2cc(Br)ccc2OCC(=O)OC)C1=O. The van der Waals surface area contributed by atoms with Crippen LogP contribution in [0.1, 0.15) is 25.8 Å². The molecule has 1 atom stereocenters. The first-order valence-electron chi connectivity index (χ1n) is 8.69. The number of esters is 2. The van der Waals surface area contributed by atoms with Crippen LogP contribution in [0.3, 0.4) is 0 Å². The summed E-state index contributed by atoms with van der Waals surface area (Å²) in [4.78, 5) is 49.0. The molecular formula is C19H20BrNO7S. The summed E-state index contributed by atoms with van der Waals surface area (Å²) in [5.41, 5.74) is 0.482. The fourth-order valence-corrected chi connectivity index (χ4v) is 3.42. The molecule has 156 valence electrons. The number of carbonyl (C=O) groups excluding carboxylic acids is 4. The molecule has 1 fully saturated rings. The van der Waals surface area contributed by atoms with Gasteiger partial charge in [-0.1, -0.05) is 22.9 Å². The minimum atomic E-state index is -0.646. The lowest BCUT2D eigenvalue weighted by atomic mass is 10.2. The average Bonchev–Trinajstić information content (AvgIpc) is 2.94. The molecule has 0 spiro atoms. The number of carbonyl (C=O) groups is 4. The molecule has 10 heteroatoms. The number of hydrogen-bond acceptors (Lipinski definition) is 8. The van der Waals surface area contributed by atoms with Gasteiger partial charge in [0.05, 0.1) is 18.1 Å². The topological polar surface area (TPSA) is 99.2 Å². The molecule has 0 aliphatic carbocycles. The number of imide groups is 1. The van der Waals surface area contributed by atoms with Crippen LogP contribution in [0.25, 0.3) is 6.08 Å². The molecular weight excluding hydrogens is 466 g/mol. The smallest absolute Gasteiger partial charge is 0.343 e. The molecule has 0 radical (unpaired) electrons. The lowest BCUT2D eigenvalue weighted by Crippen LogP contribution is -2.35. The van der Waals surface area contributed by atoms with Crippen LogP contribution < -0.4 is 4.74 Å². The molecule has 0 aromatic heterocycles. The monoisotopic (exact) mass is 485 g/mol. The first-order valence-corrected chi connectivity index (χ1v) is 10.3. The summed E-state index contributed by atoms with van der Waals surface area (Å²) >= 11 is 4.05. The average molecular weight is 486 g/mol. The highest BCUT2D eigenvalue weighted by Crippen LogP contribution is 2.34. The lowest BCUT2D eigenvalue weighted by molar-refractivity contribution is -0.150. The van der Waals surface area contributed by atoms with Crippen LogP contribution in [0.15, 0.2) is 27.6 Å². The molecule has 1 aromatic rings. The van der Waals surface area contributed by atoms with Gasteiger partial charge in [0.25, 0.3) is 11.1 Å². The first kappa shape index (κ1) is 23.0.